The zero-order valence-electron chi connectivity index (χ0n) is 10.6. The van der Waals surface area contributed by atoms with Gasteiger partial charge in [-0.3, -0.25) is 0 Å². The van der Waals surface area contributed by atoms with Crippen LogP contribution in [0.3, 0.4) is 0 Å². The highest BCUT2D eigenvalue weighted by atomic mass is 32.1. The molecule has 0 saturated heterocycles. The summed E-state index contributed by atoms with van der Waals surface area (Å²) in [5, 5.41) is 10.1. The lowest BCUT2D eigenvalue weighted by molar-refractivity contribution is 0.0528. The molecule has 1 rings (SSSR count). The minimum Gasteiger partial charge on any atom is -0.444 e. The predicted molar refractivity (Wildman–Crippen MR) is 70.3 cm³/mol. The zero-order valence-corrected chi connectivity index (χ0v) is 11.4. The van der Waals surface area contributed by atoms with Crippen LogP contribution in [0, 0.1) is 0 Å². The van der Waals surface area contributed by atoms with Crippen LogP contribution in [0.5, 0.6) is 0 Å². The van der Waals surface area contributed by atoms with Crippen LogP contribution in [0.2, 0.25) is 0 Å². The molecule has 0 aromatic carbocycles. The van der Waals surface area contributed by atoms with Crippen LogP contribution in [0.15, 0.2) is 16.8 Å². The maximum atomic E-state index is 11.3. The Morgan fingerprint density at radius 1 is 1.41 bits per heavy atom. The van der Waals surface area contributed by atoms with Crippen molar-refractivity contribution in [2.24, 2.45) is 0 Å². The van der Waals surface area contributed by atoms with Crippen molar-refractivity contribution >= 4 is 17.4 Å². The normalized spacial score (nSPS) is 11.2. The van der Waals surface area contributed by atoms with Gasteiger partial charge in [-0.1, -0.05) is 0 Å². The maximum absolute atomic E-state index is 11.3. The highest BCUT2D eigenvalue weighted by molar-refractivity contribution is 7.07. The number of thiophene rings is 1. The van der Waals surface area contributed by atoms with Crippen LogP contribution < -0.4 is 10.6 Å². The number of hydrogen-bond acceptors (Lipinski definition) is 4. The Kier molecular flexibility index (Phi) is 5.44. The van der Waals surface area contributed by atoms with Gasteiger partial charge in [0.15, 0.2) is 0 Å². The van der Waals surface area contributed by atoms with Crippen LogP contribution in [0.4, 0.5) is 4.79 Å². The van der Waals surface area contributed by atoms with Gasteiger partial charge in [-0.05, 0) is 43.2 Å². The van der Waals surface area contributed by atoms with E-state index in [2.05, 4.69) is 27.5 Å². The van der Waals surface area contributed by atoms with E-state index < -0.39 is 5.60 Å². The first-order valence-electron chi connectivity index (χ1n) is 5.66. The van der Waals surface area contributed by atoms with Crippen LogP contribution in [-0.2, 0) is 11.3 Å². The number of rotatable bonds is 5. The lowest BCUT2D eigenvalue weighted by atomic mass is 10.2. The summed E-state index contributed by atoms with van der Waals surface area (Å²) in [4.78, 5) is 11.3. The second-order valence-corrected chi connectivity index (χ2v) is 5.52. The second kappa shape index (κ2) is 6.61. The van der Waals surface area contributed by atoms with Gasteiger partial charge in [0.2, 0.25) is 0 Å². The third kappa shape index (κ3) is 6.97. The zero-order chi connectivity index (χ0) is 12.7. The van der Waals surface area contributed by atoms with Crippen LogP contribution in [-0.4, -0.2) is 24.8 Å². The molecule has 0 radical (unpaired) electrons. The van der Waals surface area contributed by atoms with Crippen LogP contribution >= 0.6 is 11.3 Å². The minimum atomic E-state index is -0.436. The summed E-state index contributed by atoms with van der Waals surface area (Å²) >= 11 is 1.68. The number of ether oxygens (including phenoxy) is 1. The third-order valence-corrected chi connectivity index (χ3v) is 2.61. The van der Waals surface area contributed by atoms with Gasteiger partial charge in [-0.2, -0.15) is 11.3 Å². The second-order valence-electron chi connectivity index (χ2n) is 4.74. The first kappa shape index (κ1) is 14.0. The molecule has 0 aliphatic heterocycles. The number of amides is 1. The van der Waals surface area contributed by atoms with Gasteiger partial charge in [0.05, 0.1) is 0 Å². The van der Waals surface area contributed by atoms with E-state index in [1.165, 1.54) is 5.56 Å². The Labute approximate surface area is 106 Å². The van der Waals surface area contributed by atoms with Crippen molar-refractivity contribution in [3.63, 3.8) is 0 Å². The molecule has 1 heterocycles. The molecule has 0 atom stereocenters. The van der Waals surface area contributed by atoms with E-state index in [1.54, 1.807) is 11.3 Å². The SMILES string of the molecule is CC(C)(C)OC(=O)NCCNCc1ccsc1. The largest absolute Gasteiger partial charge is 0.444 e. The van der Waals surface area contributed by atoms with Crippen LogP contribution in [0.1, 0.15) is 26.3 Å². The Hall–Kier alpha value is -1.07. The van der Waals surface area contributed by atoms with Gasteiger partial charge >= 0.3 is 6.09 Å². The summed E-state index contributed by atoms with van der Waals surface area (Å²) in [6, 6.07) is 2.08. The summed E-state index contributed by atoms with van der Waals surface area (Å²) < 4.78 is 5.11. The summed E-state index contributed by atoms with van der Waals surface area (Å²) in [6.45, 7) is 7.68. The number of carbonyl (C=O) groups is 1. The van der Waals surface area contributed by atoms with E-state index >= 15 is 0 Å². The van der Waals surface area contributed by atoms with Crippen molar-refractivity contribution in [3.8, 4) is 0 Å². The molecule has 0 fully saturated rings. The number of nitrogens with one attached hydrogen (secondary N) is 2. The number of alkyl carbamates (subject to hydrolysis) is 1. The highest BCUT2D eigenvalue weighted by Crippen LogP contribution is 2.06. The fourth-order valence-electron chi connectivity index (χ4n) is 1.19. The van der Waals surface area contributed by atoms with Crippen molar-refractivity contribution in [3.05, 3.63) is 22.4 Å². The Balaban J connectivity index is 2.02. The van der Waals surface area contributed by atoms with Crippen molar-refractivity contribution in [2.75, 3.05) is 13.1 Å². The molecule has 1 aromatic heterocycles. The molecule has 0 spiro atoms. The molecule has 1 amide bonds. The first-order valence-corrected chi connectivity index (χ1v) is 6.60. The van der Waals surface area contributed by atoms with Crippen molar-refractivity contribution in [1.29, 1.82) is 0 Å². The minimum absolute atomic E-state index is 0.366. The molecule has 0 aliphatic carbocycles. The van der Waals surface area contributed by atoms with Gasteiger partial charge in [-0.25, -0.2) is 4.79 Å². The predicted octanol–water partition coefficient (Wildman–Crippen LogP) is 2.36. The van der Waals surface area contributed by atoms with Crippen LogP contribution in [0.25, 0.3) is 0 Å². The molecular formula is C12H20N2O2S. The Bertz CT molecular complexity index is 331. The number of carbonyl (C=O) groups excluding carboxylic acids is 1. The molecule has 17 heavy (non-hydrogen) atoms. The standard InChI is InChI=1S/C12H20N2O2S/c1-12(2,3)16-11(15)14-6-5-13-8-10-4-7-17-9-10/h4,7,9,13H,5-6,8H2,1-3H3,(H,14,15). The van der Waals surface area contributed by atoms with Gasteiger partial charge in [0.1, 0.15) is 5.60 Å². The lowest BCUT2D eigenvalue weighted by Gasteiger charge is -2.19. The molecule has 96 valence electrons. The molecule has 0 aliphatic rings. The van der Waals surface area contributed by atoms with Gasteiger partial charge < -0.3 is 15.4 Å². The highest BCUT2D eigenvalue weighted by Gasteiger charge is 2.15. The van der Waals surface area contributed by atoms with E-state index in [9.17, 15) is 4.79 Å². The molecular weight excluding hydrogens is 236 g/mol. The summed E-state index contributed by atoms with van der Waals surface area (Å²) in [6.07, 6.45) is -0.366. The molecule has 2 N–H and O–H groups in total. The van der Waals surface area contributed by atoms with Gasteiger partial charge in [0.25, 0.3) is 0 Å². The van der Waals surface area contributed by atoms with Gasteiger partial charge in [-0.15, -0.1) is 0 Å². The maximum Gasteiger partial charge on any atom is 0.407 e. The van der Waals surface area contributed by atoms with Crippen molar-refractivity contribution < 1.29 is 9.53 Å². The summed E-state index contributed by atoms with van der Waals surface area (Å²) in [5.74, 6) is 0. The van der Waals surface area contributed by atoms with E-state index in [0.717, 1.165) is 13.1 Å². The lowest BCUT2D eigenvalue weighted by Crippen LogP contribution is -2.36. The first-order chi connectivity index (χ1) is 7.97. The fraction of sp³-hybridized carbons (Fsp3) is 0.583. The average molecular weight is 256 g/mol. The third-order valence-electron chi connectivity index (χ3n) is 1.88. The number of hydrogen-bond donors (Lipinski definition) is 2. The molecule has 0 bridgehead atoms. The molecule has 0 unspecified atom stereocenters. The molecule has 4 nitrogen and oxygen atoms in total. The smallest absolute Gasteiger partial charge is 0.407 e. The average Bonchev–Trinajstić information content (AvgIpc) is 2.67. The van der Waals surface area contributed by atoms with E-state index in [-0.39, 0.29) is 6.09 Å². The van der Waals surface area contributed by atoms with E-state index in [0.29, 0.717) is 6.54 Å². The Morgan fingerprint density at radius 3 is 2.76 bits per heavy atom. The van der Waals surface area contributed by atoms with E-state index in [1.807, 2.05) is 20.8 Å². The summed E-state index contributed by atoms with van der Waals surface area (Å²) in [5.41, 5.74) is 0.834. The van der Waals surface area contributed by atoms with Crippen molar-refractivity contribution in [1.82, 2.24) is 10.6 Å². The quantitative estimate of drug-likeness (QED) is 0.795. The fourth-order valence-corrected chi connectivity index (χ4v) is 1.86. The molecule has 1 aromatic rings. The monoisotopic (exact) mass is 256 g/mol. The van der Waals surface area contributed by atoms with Crippen molar-refractivity contribution in [2.45, 2.75) is 32.9 Å². The Morgan fingerprint density at radius 2 is 2.18 bits per heavy atom. The topological polar surface area (TPSA) is 50.4 Å². The molecule has 5 heteroatoms. The summed E-state index contributed by atoms with van der Waals surface area (Å²) in [7, 11) is 0. The van der Waals surface area contributed by atoms with E-state index in [4.69, 9.17) is 4.74 Å². The van der Waals surface area contributed by atoms with Gasteiger partial charge in [0, 0.05) is 19.6 Å². The molecule has 0 saturated carbocycles.